The minimum absolute atomic E-state index is 0.349. The molecule has 0 radical (unpaired) electrons. The number of ether oxygens (including phenoxy) is 1. The highest BCUT2D eigenvalue weighted by molar-refractivity contribution is 7.80. The van der Waals surface area contributed by atoms with E-state index in [1.165, 1.54) is 6.42 Å². The van der Waals surface area contributed by atoms with E-state index in [0.29, 0.717) is 6.10 Å². The number of nitrogens with zero attached hydrogens (tertiary/aromatic N) is 1. The van der Waals surface area contributed by atoms with Crippen LogP contribution in [-0.2, 0) is 4.74 Å². The van der Waals surface area contributed by atoms with Gasteiger partial charge in [-0.2, -0.15) is 0 Å². The van der Waals surface area contributed by atoms with E-state index in [0.717, 1.165) is 44.2 Å². The normalized spacial score (nSPS) is 20.1. The Hall–Kier alpha value is -0.390. The van der Waals surface area contributed by atoms with Gasteiger partial charge in [0.1, 0.15) is 0 Å². The lowest BCUT2D eigenvalue weighted by molar-refractivity contribution is 0.114. The molecule has 0 spiro atoms. The fraction of sp³-hybridized carbons (Fsp3) is 0.909. The largest absolute Gasteiger partial charge is 0.376 e. The number of nitrogens with one attached hydrogen (secondary N) is 2. The average Bonchev–Trinajstić information content (AvgIpc) is 2.74. The molecule has 1 saturated heterocycles. The molecule has 16 heavy (non-hydrogen) atoms. The first kappa shape index (κ1) is 13.7. The predicted molar refractivity (Wildman–Crippen MR) is 70.7 cm³/mol. The van der Waals surface area contributed by atoms with Crippen LogP contribution in [0.2, 0.25) is 0 Å². The molecular weight excluding hydrogens is 222 g/mol. The van der Waals surface area contributed by atoms with Gasteiger partial charge in [-0.05, 0) is 52.1 Å². The van der Waals surface area contributed by atoms with Crippen LogP contribution in [0.4, 0.5) is 0 Å². The monoisotopic (exact) mass is 245 g/mol. The van der Waals surface area contributed by atoms with Gasteiger partial charge in [0.15, 0.2) is 5.11 Å². The van der Waals surface area contributed by atoms with Crippen LogP contribution in [0.5, 0.6) is 0 Å². The van der Waals surface area contributed by atoms with Gasteiger partial charge in [0, 0.05) is 19.7 Å². The van der Waals surface area contributed by atoms with E-state index in [4.69, 9.17) is 17.0 Å². The molecule has 1 heterocycles. The zero-order valence-electron chi connectivity index (χ0n) is 10.3. The Kier molecular flexibility index (Phi) is 6.68. The molecule has 0 bridgehead atoms. The van der Waals surface area contributed by atoms with Gasteiger partial charge >= 0.3 is 0 Å². The molecule has 0 aromatic rings. The Morgan fingerprint density at radius 2 is 2.25 bits per heavy atom. The summed E-state index contributed by atoms with van der Waals surface area (Å²) in [5, 5.41) is 7.14. The summed E-state index contributed by atoms with van der Waals surface area (Å²) >= 11 is 5.18. The average molecular weight is 245 g/mol. The van der Waals surface area contributed by atoms with E-state index in [9.17, 15) is 0 Å². The molecule has 5 heteroatoms. The van der Waals surface area contributed by atoms with Gasteiger partial charge in [-0.3, -0.25) is 0 Å². The summed E-state index contributed by atoms with van der Waals surface area (Å²) in [7, 11) is 4.15. The highest BCUT2D eigenvalue weighted by Crippen LogP contribution is 2.10. The maximum Gasteiger partial charge on any atom is 0.166 e. The van der Waals surface area contributed by atoms with Crippen LogP contribution in [0.1, 0.15) is 19.3 Å². The summed E-state index contributed by atoms with van der Waals surface area (Å²) in [6, 6.07) is 0. The van der Waals surface area contributed by atoms with Gasteiger partial charge in [-0.25, -0.2) is 0 Å². The van der Waals surface area contributed by atoms with E-state index >= 15 is 0 Å². The molecule has 0 saturated carbocycles. The van der Waals surface area contributed by atoms with Crippen LogP contribution in [0.25, 0.3) is 0 Å². The molecule has 0 unspecified atom stereocenters. The van der Waals surface area contributed by atoms with Crippen molar-refractivity contribution in [2.45, 2.75) is 25.4 Å². The highest BCUT2D eigenvalue weighted by Gasteiger charge is 2.14. The molecule has 4 nitrogen and oxygen atoms in total. The molecule has 0 aliphatic carbocycles. The SMILES string of the molecule is CN(C)CCCNC(=S)NC[C@H]1CCCO1. The van der Waals surface area contributed by atoms with Gasteiger partial charge < -0.3 is 20.3 Å². The highest BCUT2D eigenvalue weighted by atomic mass is 32.1. The van der Waals surface area contributed by atoms with Crippen molar-refractivity contribution >= 4 is 17.3 Å². The maximum atomic E-state index is 5.50. The standard InChI is InChI=1S/C11H23N3OS/c1-14(2)7-4-6-12-11(16)13-9-10-5-3-8-15-10/h10H,3-9H2,1-2H3,(H2,12,13,16)/t10-/m1/s1. The first-order valence-corrected chi connectivity index (χ1v) is 6.37. The molecular formula is C11H23N3OS. The van der Waals surface area contributed by atoms with Crippen LogP contribution >= 0.6 is 12.2 Å². The van der Waals surface area contributed by atoms with Crippen molar-refractivity contribution < 1.29 is 4.74 Å². The summed E-state index contributed by atoms with van der Waals surface area (Å²) < 4.78 is 5.50. The van der Waals surface area contributed by atoms with Crippen LogP contribution in [0.15, 0.2) is 0 Å². The van der Waals surface area contributed by atoms with Crippen molar-refractivity contribution in [3.63, 3.8) is 0 Å². The van der Waals surface area contributed by atoms with E-state index < -0.39 is 0 Å². The van der Waals surface area contributed by atoms with Crippen molar-refractivity contribution in [1.82, 2.24) is 15.5 Å². The van der Waals surface area contributed by atoms with Gasteiger partial charge in [-0.15, -0.1) is 0 Å². The number of hydrogen-bond acceptors (Lipinski definition) is 3. The number of hydrogen-bond donors (Lipinski definition) is 2. The zero-order valence-corrected chi connectivity index (χ0v) is 11.1. The summed E-state index contributed by atoms with van der Waals surface area (Å²) in [5.41, 5.74) is 0. The fourth-order valence-corrected chi connectivity index (χ4v) is 1.86. The van der Waals surface area contributed by atoms with E-state index in [-0.39, 0.29) is 0 Å². The molecule has 1 atom stereocenters. The maximum absolute atomic E-state index is 5.50. The van der Waals surface area contributed by atoms with Gasteiger partial charge in [0.2, 0.25) is 0 Å². The topological polar surface area (TPSA) is 36.5 Å². The van der Waals surface area contributed by atoms with Crippen LogP contribution in [0, 0.1) is 0 Å². The zero-order chi connectivity index (χ0) is 11.8. The number of thiocarbonyl (C=S) groups is 1. The Labute approximate surface area is 104 Å². The minimum Gasteiger partial charge on any atom is -0.376 e. The third-order valence-corrected chi connectivity index (χ3v) is 2.87. The molecule has 1 fully saturated rings. The Morgan fingerprint density at radius 3 is 2.88 bits per heavy atom. The molecule has 2 N–H and O–H groups in total. The van der Waals surface area contributed by atoms with Gasteiger partial charge in [0.05, 0.1) is 6.10 Å². The summed E-state index contributed by atoms with van der Waals surface area (Å²) in [6.07, 6.45) is 3.78. The second-order valence-electron chi connectivity index (χ2n) is 4.43. The van der Waals surface area contributed by atoms with Crippen molar-refractivity contribution in [3.05, 3.63) is 0 Å². The van der Waals surface area contributed by atoms with Crippen molar-refractivity contribution in [3.8, 4) is 0 Å². The van der Waals surface area contributed by atoms with Crippen LogP contribution < -0.4 is 10.6 Å². The Morgan fingerprint density at radius 1 is 1.44 bits per heavy atom. The molecule has 0 aromatic heterocycles. The summed E-state index contributed by atoms with van der Waals surface area (Å²) in [6.45, 7) is 3.74. The van der Waals surface area contributed by atoms with Gasteiger partial charge in [0.25, 0.3) is 0 Å². The first-order chi connectivity index (χ1) is 7.68. The summed E-state index contributed by atoms with van der Waals surface area (Å²) in [4.78, 5) is 2.17. The molecule has 1 rings (SSSR count). The van der Waals surface area contributed by atoms with Crippen molar-refractivity contribution in [1.29, 1.82) is 0 Å². The minimum atomic E-state index is 0.349. The lowest BCUT2D eigenvalue weighted by atomic mass is 10.2. The second-order valence-corrected chi connectivity index (χ2v) is 4.84. The third-order valence-electron chi connectivity index (χ3n) is 2.58. The Balaban J connectivity index is 1.94. The molecule has 1 aliphatic rings. The number of rotatable bonds is 6. The van der Waals surface area contributed by atoms with Crippen LogP contribution in [0.3, 0.4) is 0 Å². The van der Waals surface area contributed by atoms with Gasteiger partial charge in [-0.1, -0.05) is 0 Å². The van der Waals surface area contributed by atoms with Crippen LogP contribution in [-0.4, -0.2) is 56.5 Å². The van der Waals surface area contributed by atoms with Crippen molar-refractivity contribution in [2.24, 2.45) is 0 Å². The first-order valence-electron chi connectivity index (χ1n) is 5.96. The Bertz CT molecular complexity index is 205. The van der Waals surface area contributed by atoms with Crippen molar-refractivity contribution in [2.75, 3.05) is 40.3 Å². The smallest absolute Gasteiger partial charge is 0.166 e. The predicted octanol–water partition coefficient (Wildman–Crippen LogP) is 0.581. The molecule has 94 valence electrons. The fourth-order valence-electron chi connectivity index (χ4n) is 1.67. The quantitative estimate of drug-likeness (QED) is 0.529. The summed E-state index contributed by atoms with van der Waals surface area (Å²) in [5.74, 6) is 0. The molecule has 1 aliphatic heterocycles. The third kappa shape index (κ3) is 6.25. The lowest BCUT2D eigenvalue weighted by Crippen LogP contribution is -2.40. The molecule has 0 aromatic carbocycles. The molecule has 0 amide bonds. The van der Waals surface area contributed by atoms with E-state index in [2.05, 4.69) is 29.6 Å². The van der Waals surface area contributed by atoms with E-state index in [1.807, 2.05) is 0 Å². The second kappa shape index (κ2) is 7.81. The lowest BCUT2D eigenvalue weighted by Gasteiger charge is -2.14. The van der Waals surface area contributed by atoms with E-state index in [1.54, 1.807) is 0 Å².